The zero-order valence-corrected chi connectivity index (χ0v) is 17.8. The molecule has 3 aliphatic rings. The number of nitrogens with one attached hydrogen (secondary N) is 1. The molecule has 178 valence electrons. The average Bonchev–Trinajstić information content (AvgIpc) is 3.12. The lowest BCUT2D eigenvalue weighted by molar-refractivity contribution is -0.139. The van der Waals surface area contributed by atoms with Crippen LogP contribution in [0.1, 0.15) is 38.2 Å². The van der Waals surface area contributed by atoms with Crippen LogP contribution in [0.4, 0.5) is 22.4 Å². The molecule has 2 N–H and O–H groups in total. The van der Waals surface area contributed by atoms with Crippen molar-refractivity contribution in [3.63, 3.8) is 0 Å². The molecule has 0 bridgehead atoms. The van der Waals surface area contributed by atoms with Gasteiger partial charge >= 0.3 is 12.3 Å². The van der Waals surface area contributed by atoms with Gasteiger partial charge in [-0.3, -0.25) is 4.90 Å². The van der Waals surface area contributed by atoms with Gasteiger partial charge in [-0.2, -0.15) is 13.2 Å². The highest BCUT2D eigenvalue weighted by molar-refractivity contribution is 5.71. The maximum atomic E-state index is 13.2. The molecule has 32 heavy (non-hydrogen) atoms. The first-order chi connectivity index (χ1) is 15.1. The largest absolute Gasteiger partial charge is 0.493 e. The number of halogens is 4. The Morgan fingerprint density at radius 1 is 1.31 bits per heavy atom. The Morgan fingerprint density at radius 2 is 2.00 bits per heavy atom. The van der Waals surface area contributed by atoms with E-state index < -0.39 is 23.8 Å². The zero-order chi connectivity index (χ0) is 23.1. The van der Waals surface area contributed by atoms with E-state index in [-0.39, 0.29) is 41.7 Å². The van der Waals surface area contributed by atoms with Gasteiger partial charge in [-0.1, -0.05) is 6.92 Å². The first-order valence-corrected chi connectivity index (χ1v) is 10.9. The monoisotopic (exact) mass is 460 g/mol. The molecular formula is C22H28F4N2O4. The molecule has 10 heteroatoms. The number of benzene rings is 1. The summed E-state index contributed by atoms with van der Waals surface area (Å²) in [6.45, 7) is 3.72. The van der Waals surface area contributed by atoms with Gasteiger partial charge in [0.2, 0.25) is 0 Å². The molecule has 1 saturated carbocycles. The van der Waals surface area contributed by atoms with Crippen LogP contribution in [0, 0.1) is 23.6 Å². The predicted octanol–water partition coefficient (Wildman–Crippen LogP) is 3.78. The third kappa shape index (κ3) is 4.80. The summed E-state index contributed by atoms with van der Waals surface area (Å²) in [7, 11) is 0. The number of alkyl halides is 3. The van der Waals surface area contributed by atoms with E-state index in [1.807, 2.05) is 11.8 Å². The van der Waals surface area contributed by atoms with Gasteiger partial charge in [0.05, 0.1) is 12.1 Å². The molecule has 1 aromatic carbocycles. The summed E-state index contributed by atoms with van der Waals surface area (Å²) in [5.41, 5.74) is -1.39. The number of amides is 1. The van der Waals surface area contributed by atoms with Gasteiger partial charge in [0.15, 0.2) is 0 Å². The third-order valence-electron chi connectivity index (χ3n) is 7.11. The van der Waals surface area contributed by atoms with Crippen molar-refractivity contribution in [1.29, 1.82) is 0 Å². The van der Waals surface area contributed by atoms with E-state index in [0.717, 1.165) is 25.0 Å². The van der Waals surface area contributed by atoms with Crippen LogP contribution in [-0.4, -0.2) is 54.2 Å². The van der Waals surface area contributed by atoms with E-state index in [0.29, 0.717) is 38.6 Å². The molecule has 1 spiro atoms. The number of hydrogen-bond acceptors (Lipinski definition) is 5. The van der Waals surface area contributed by atoms with Gasteiger partial charge in [0, 0.05) is 13.1 Å². The van der Waals surface area contributed by atoms with Gasteiger partial charge in [-0.25, -0.2) is 9.18 Å². The lowest BCUT2D eigenvalue weighted by Gasteiger charge is -2.48. The van der Waals surface area contributed by atoms with E-state index in [4.69, 9.17) is 9.47 Å². The second-order valence-corrected chi connectivity index (χ2v) is 9.35. The Hall–Kier alpha value is -2.07. The number of hydrogen-bond donors (Lipinski definition) is 2. The maximum absolute atomic E-state index is 13.2. The van der Waals surface area contributed by atoms with Crippen molar-refractivity contribution in [1.82, 2.24) is 10.2 Å². The Kier molecular flexibility index (Phi) is 6.28. The van der Waals surface area contributed by atoms with Crippen LogP contribution in [0.5, 0.6) is 5.75 Å². The second kappa shape index (κ2) is 8.70. The molecular weight excluding hydrogens is 432 g/mol. The number of aliphatic hydroxyl groups is 1. The quantitative estimate of drug-likeness (QED) is 0.633. The standard InChI is InChI=1S/C22H28F4N2O4/c1-13(15-9-21(10-15)12-32-20(30)27-21)19(29)28-6-4-14(5-7-28)11-31-18-3-2-16(23)8-17(18)22(24,25)26/h2-3,8,13-15,19,29H,4-7,9-12H2,1H3,(H,27,30). The van der Waals surface area contributed by atoms with E-state index in [2.05, 4.69) is 5.32 Å². The number of rotatable bonds is 6. The first kappa shape index (κ1) is 23.1. The number of aliphatic hydroxyl groups excluding tert-OH is 1. The van der Waals surface area contributed by atoms with Gasteiger partial charge in [0.1, 0.15) is 30.0 Å². The summed E-state index contributed by atoms with van der Waals surface area (Å²) in [4.78, 5) is 13.3. The Morgan fingerprint density at radius 3 is 2.59 bits per heavy atom. The minimum absolute atomic E-state index is 0.0273. The fraction of sp³-hybridized carbons (Fsp3) is 0.682. The molecule has 3 fully saturated rings. The number of piperidine rings is 1. The number of nitrogens with zero attached hydrogens (tertiary/aromatic N) is 1. The fourth-order valence-electron chi connectivity index (χ4n) is 5.05. The number of alkyl carbamates (subject to hydrolysis) is 1. The summed E-state index contributed by atoms with van der Waals surface area (Å²) in [6, 6.07) is 2.42. The van der Waals surface area contributed by atoms with Gasteiger partial charge < -0.3 is 19.9 Å². The number of carbonyl (C=O) groups is 1. The molecule has 2 saturated heterocycles. The highest BCUT2D eigenvalue weighted by Gasteiger charge is 2.52. The zero-order valence-electron chi connectivity index (χ0n) is 17.8. The Bertz CT molecular complexity index is 836. The number of likely N-dealkylation sites (tertiary alicyclic amines) is 1. The molecule has 2 atom stereocenters. The molecule has 1 amide bonds. The minimum atomic E-state index is -4.69. The lowest BCUT2D eigenvalue weighted by atomic mass is 9.63. The third-order valence-corrected chi connectivity index (χ3v) is 7.11. The maximum Gasteiger partial charge on any atom is 0.420 e. The summed E-state index contributed by atoms with van der Waals surface area (Å²) in [5, 5.41) is 13.7. The van der Waals surface area contributed by atoms with Crippen LogP contribution in [0.15, 0.2) is 18.2 Å². The topological polar surface area (TPSA) is 71.0 Å². The molecule has 2 aliphatic heterocycles. The smallest absolute Gasteiger partial charge is 0.420 e. The second-order valence-electron chi connectivity index (χ2n) is 9.35. The van der Waals surface area contributed by atoms with E-state index >= 15 is 0 Å². The fourth-order valence-corrected chi connectivity index (χ4v) is 5.05. The Balaban J connectivity index is 1.24. The summed E-state index contributed by atoms with van der Waals surface area (Å²) in [5.74, 6) is -0.956. The molecule has 1 aliphatic carbocycles. The van der Waals surface area contributed by atoms with Crippen LogP contribution >= 0.6 is 0 Å². The molecule has 1 aromatic rings. The van der Waals surface area contributed by atoms with Gasteiger partial charge in [-0.15, -0.1) is 0 Å². The Labute approximate surface area is 183 Å². The molecule has 4 rings (SSSR count). The first-order valence-electron chi connectivity index (χ1n) is 10.9. The van der Waals surface area contributed by atoms with Crippen molar-refractivity contribution in [2.24, 2.45) is 17.8 Å². The van der Waals surface area contributed by atoms with Crippen LogP contribution in [0.2, 0.25) is 0 Å². The van der Waals surface area contributed by atoms with E-state index in [1.165, 1.54) is 0 Å². The van der Waals surface area contributed by atoms with E-state index in [9.17, 15) is 27.5 Å². The predicted molar refractivity (Wildman–Crippen MR) is 106 cm³/mol. The highest BCUT2D eigenvalue weighted by Crippen LogP contribution is 2.45. The number of cyclic esters (lactones) is 1. The van der Waals surface area contributed by atoms with Crippen molar-refractivity contribution < 1.29 is 36.9 Å². The van der Waals surface area contributed by atoms with Crippen molar-refractivity contribution in [2.45, 2.75) is 50.6 Å². The SMILES string of the molecule is CC(C1CC2(COC(=O)N2)C1)C(O)N1CCC(COc2ccc(F)cc2C(F)(F)F)CC1. The normalized spacial score (nSPS) is 28.7. The molecule has 2 heterocycles. The van der Waals surface area contributed by atoms with Crippen LogP contribution in [-0.2, 0) is 10.9 Å². The van der Waals surface area contributed by atoms with Gasteiger partial charge in [0.25, 0.3) is 0 Å². The molecule has 2 unspecified atom stereocenters. The van der Waals surface area contributed by atoms with Crippen molar-refractivity contribution in [3.05, 3.63) is 29.6 Å². The van der Waals surface area contributed by atoms with Crippen molar-refractivity contribution in [2.75, 3.05) is 26.3 Å². The van der Waals surface area contributed by atoms with E-state index in [1.54, 1.807) is 0 Å². The summed E-state index contributed by atoms with van der Waals surface area (Å²) >= 11 is 0. The minimum Gasteiger partial charge on any atom is -0.493 e. The molecule has 6 nitrogen and oxygen atoms in total. The van der Waals surface area contributed by atoms with Crippen molar-refractivity contribution in [3.8, 4) is 5.75 Å². The van der Waals surface area contributed by atoms with Crippen molar-refractivity contribution >= 4 is 6.09 Å². The average molecular weight is 460 g/mol. The van der Waals surface area contributed by atoms with Gasteiger partial charge in [-0.05, 0) is 61.6 Å². The molecule has 0 aromatic heterocycles. The summed E-state index contributed by atoms with van der Waals surface area (Å²) < 4.78 is 63.0. The van der Waals surface area contributed by atoms with Crippen LogP contribution in [0.25, 0.3) is 0 Å². The molecule has 0 radical (unpaired) electrons. The van der Waals surface area contributed by atoms with Crippen LogP contribution < -0.4 is 10.1 Å². The highest BCUT2D eigenvalue weighted by atomic mass is 19.4. The number of ether oxygens (including phenoxy) is 2. The lowest BCUT2D eigenvalue weighted by Crippen LogP contribution is -2.58. The summed E-state index contributed by atoms with van der Waals surface area (Å²) in [6.07, 6.45) is -2.76. The van der Waals surface area contributed by atoms with Crippen LogP contribution in [0.3, 0.4) is 0 Å². The number of carbonyl (C=O) groups excluding carboxylic acids is 1.